The number of aromatic amines is 1. The molecule has 2 aromatic carbocycles. The molecule has 0 aliphatic rings. The van der Waals surface area contributed by atoms with Crippen LogP contribution in [-0.4, -0.2) is 26.7 Å². The number of nitrogens with zero attached hydrogens (tertiary/aromatic N) is 3. The summed E-state index contributed by atoms with van der Waals surface area (Å²) in [5.41, 5.74) is 4.69. The maximum absolute atomic E-state index is 4.55. The van der Waals surface area contributed by atoms with Gasteiger partial charge in [-0.25, -0.2) is 0 Å². The third-order valence-electron chi connectivity index (χ3n) is 4.76. The van der Waals surface area contributed by atoms with Gasteiger partial charge in [-0.1, -0.05) is 50.2 Å². The lowest BCUT2D eigenvalue weighted by Gasteiger charge is -2.13. The van der Waals surface area contributed by atoms with Gasteiger partial charge in [-0.3, -0.25) is 0 Å². The van der Waals surface area contributed by atoms with Crippen molar-refractivity contribution in [3.8, 4) is 0 Å². The maximum Gasteiger partial charge on any atom is 0.249 e. The van der Waals surface area contributed by atoms with Gasteiger partial charge < -0.3 is 15.6 Å². The van der Waals surface area contributed by atoms with Gasteiger partial charge in [-0.2, -0.15) is 10.1 Å². The number of benzene rings is 2. The van der Waals surface area contributed by atoms with Gasteiger partial charge in [0.25, 0.3) is 0 Å². The van der Waals surface area contributed by atoms with Gasteiger partial charge >= 0.3 is 0 Å². The summed E-state index contributed by atoms with van der Waals surface area (Å²) in [6.07, 6.45) is 4.61. The minimum absolute atomic E-state index is 0.411. The summed E-state index contributed by atoms with van der Waals surface area (Å²) >= 11 is 0. The molecular formula is C22H24N6. The van der Waals surface area contributed by atoms with E-state index in [9.17, 15) is 0 Å². The van der Waals surface area contributed by atoms with E-state index in [2.05, 4.69) is 75.1 Å². The number of aromatic nitrogens is 4. The predicted octanol–water partition coefficient (Wildman–Crippen LogP) is 4.87. The third kappa shape index (κ3) is 3.96. The Bertz CT molecular complexity index is 1070. The molecule has 6 nitrogen and oxygen atoms in total. The van der Waals surface area contributed by atoms with Crippen LogP contribution in [0.1, 0.15) is 30.9 Å². The van der Waals surface area contributed by atoms with Crippen LogP contribution in [0, 0.1) is 0 Å². The van der Waals surface area contributed by atoms with Crippen molar-refractivity contribution in [2.24, 2.45) is 0 Å². The fraction of sp³-hybridized carbons (Fsp3) is 0.227. The van der Waals surface area contributed by atoms with Crippen molar-refractivity contribution in [1.29, 1.82) is 0 Å². The largest absolute Gasteiger partial charge is 0.368 e. The fourth-order valence-electron chi connectivity index (χ4n) is 3.34. The van der Waals surface area contributed by atoms with Crippen LogP contribution in [0.4, 0.5) is 17.5 Å². The summed E-state index contributed by atoms with van der Waals surface area (Å²) in [4.78, 5) is 7.86. The first-order valence-corrected chi connectivity index (χ1v) is 9.55. The predicted molar refractivity (Wildman–Crippen MR) is 114 cm³/mol. The highest BCUT2D eigenvalue weighted by atomic mass is 15.3. The summed E-state index contributed by atoms with van der Waals surface area (Å²) < 4.78 is 0. The Morgan fingerprint density at radius 2 is 1.86 bits per heavy atom. The summed E-state index contributed by atoms with van der Waals surface area (Å²) in [6, 6.07) is 16.5. The monoisotopic (exact) mass is 372 g/mol. The SMILES string of the molecule is CC(C)c1ccccc1Nc1nncc(NCCc2c[nH]c3ccccc23)n1. The minimum Gasteiger partial charge on any atom is -0.368 e. The van der Waals surface area contributed by atoms with Crippen LogP contribution in [0.15, 0.2) is 60.9 Å². The molecular weight excluding hydrogens is 348 g/mol. The standard InChI is InChI=1S/C22H24N6/c1-15(2)17-7-3-6-10-20(17)26-22-27-21(14-25-28-22)23-12-11-16-13-24-19-9-5-4-8-18(16)19/h3-10,13-15,24H,11-12H2,1-2H3,(H2,23,26,27,28). The van der Waals surface area contributed by atoms with Crippen LogP contribution in [0.3, 0.4) is 0 Å². The molecule has 0 amide bonds. The van der Waals surface area contributed by atoms with Gasteiger partial charge in [0.05, 0.1) is 6.20 Å². The van der Waals surface area contributed by atoms with E-state index >= 15 is 0 Å². The zero-order valence-electron chi connectivity index (χ0n) is 16.1. The second kappa shape index (κ2) is 8.08. The molecule has 4 aromatic rings. The zero-order chi connectivity index (χ0) is 19.3. The highest BCUT2D eigenvalue weighted by Crippen LogP contribution is 2.25. The smallest absolute Gasteiger partial charge is 0.249 e. The van der Waals surface area contributed by atoms with E-state index in [1.807, 2.05) is 24.3 Å². The number of para-hydroxylation sites is 2. The Balaban J connectivity index is 1.42. The van der Waals surface area contributed by atoms with Crippen LogP contribution >= 0.6 is 0 Å². The number of fused-ring (bicyclic) bond motifs is 1. The molecule has 0 saturated heterocycles. The first-order chi connectivity index (χ1) is 13.7. The van der Waals surface area contributed by atoms with Crippen LogP contribution < -0.4 is 10.6 Å². The second-order valence-corrected chi connectivity index (χ2v) is 7.07. The Kier molecular flexibility index (Phi) is 5.19. The van der Waals surface area contributed by atoms with Crippen LogP contribution in [0.5, 0.6) is 0 Å². The topological polar surface area (TPSA) is 78.5 Å². The quantitative estimate of drug-likeness (QED) is 0.431. The lowest BCUT2D eigenvalue weighted by Crippen LogP contribution is -2.09. The van der Waals surface area contributed by atoms with Crippen LogP contribution in [-0.2, 0) is 6.42 Å². The van der Waals surface area contributed by atoms with E-state index in [4.69, 9.17) is 0 Å². The molecule has 0 fully saturated rings. The van der Waals surface area contributed by atoms with E-state index in [0.717, 1.165) is 24.2 Å². The van der Waals surface area contributed by atoms with Crippen molar-refractivity contribution in [2.75, 3.05) is 17.2 Å². The van der Waals surface area contributed by atoms with E-state index in [1.54, 1.807) is 6.20 Å². The van der Waals surface area contributed by atoms with Gasteiger partial charge in [0.2, 0.25) is 5.95 Å². The van der Waals surface area contributed by atoms with E-state index in [1.165, 1.54) is 16.5 Å². The summed E-state index contributed by atoms with van der Waals surface area (Å²) in [5.74, 6) is 1.61. The molecule has 6 heteroatoms. The van der Waals surface area contributed by atoms with E-state index in [-0.39, 0.29) is 0 Å². The van der Waals surface area contributed by atoms with Crippen molar-refractivity contribution < 1.29 is 0 Å². The Morgan fingerprint density at radius 1 is 1.04 bits per heavy atom. The molecule has 3 N–H and O–H groups in total. The molecule has 2 aromatic heterocycles. The van der Waals surface area contributed by atoms with Gasteiger partial charge in [-0.15, -0.1) is 5.10 Å². The molecule has 0 bridgehead atoms. The van der Waals surface area contributed by atoms with Gasteiger partial charge in [-0.05, 0) is 35.6 Å². The van der Waals surface area contributed by atoms with Crippen LogP contribution in [0.25, 0.3) is 10.9 Å². The van der Waals surface area contributed by atoms with Gasteiger partial charge in [0.1, 0.15) is 0 Å². The summed E-state index contributed by atoms with van der Waals surface area (Å²) in [7, 11) is 0. The molecule has 0 aliphatic carbocycles. The molecule has 0 radical (unpaired) electrons. The lowest BCUT2D eigenvalue weighted by molar-refractivity contribution is 0.867. The first-order valence-electron chi connectivity index (χ1n) is 9.55. The number of H-pyrrole nitrogens is 1. The average molecular weight is 372 g/mol. The van der Waals surface area contributed by atoms with Crippen molar-refractivity contribution in [3.63, 3.8) is 0 Å². The van der Waals surface area contributed by atoms with E-state index in [0.29, 0.717) is 17.7 Å². The van der Waals surface area contributed by atoms with Crippen molar-refractivity contribution in [3.05, 3.63) is 72.1 Å². The number of hydrogen-bond donors (Lipinski definition) is 3. The van der Waals surface area contributed by atoms with Gasteiger partial charge in [0, 0.05) is 29.3 Å². The Morgan fingerprint density at radius 3 is 2.75 bits per heavy atom. The minimum atomic E-state index is 0.411. The van der Waals surface area contributed by atoms with Crippen LogP contribution in [0.2, 0.25) is 0 Å². The molecule has 142 valence electrons. The first kappa shape index (κ1) is 18.0. The highest BCUT2D eigenvalue weighted by molar-refractivity contribution is 5.83. The van der Waals surface area contributed by atoms with Crippen molar-refractivity contribution >= 4 is 28.4 Å². The molecule has 0 spiro atoms. The summed E-state index contributed by atoms with van der Waals surface area (Å²) in [5, 5.41) is 16.1. The molecule has 0 aliphatic heterocycles. The highest BCUT2D eigenvalue weighted by Gasteiger charge is 2.08. The Labute approximate surface area is 164 Å². The van der Waals surface area contributed by atoms with Crippen molar-refractivity contribution in [2.45, 2.75) is 26.2 Å². The fourth-order valence-corrected chi connectivity index (χ4v) is 3.34. The van der Waals surface area contributed by atoms with Gasteiger partial charge in [0.15, 0.2) is 5.82 Å². The zero-order valence-corrected chi connectivity index (χ0v) is 16.1. The third-order valence-corrected chi connectivity index (χ3v) is 4.76. The number of rotatable bonds is 7. The molecule has 0 atom stereocenters. The molecule has 28 heavy (non-hydrogen) atoms. The maximum atomic E-state index is 4.55. The summed E-state index contributed by atoms with van der Waals surface area (Å²) in [6.45, 7) is 5.10. The normalized spacial score (nSPS) is 11.1. The molecule has 2 heterocycles. The second-order valence-electron chi connectivity index (χ2n) is 7.07. The van der Waals surface area contributed by atoms with Crippen molar-refractivity contribution in [1.82, 2.24) is 20.2 Å². The number of anilines is 3. The van der Waals surface area contributed by atoms with E-state index < -0.39 is 0 Å². The lowest BCUT2D eigenvalue weighted by atomic mass is 10.0. The number of nitrogens with one attached hydrogen (secondary N) is 3. The molecule has 4 rings (SSSR count). The molecule has 0 saturated carbocycles. The number of hydrogen-bond acceptors (Lipinski definition) is 5. The molecule has 0 unspecified atom stereocenters. The Hall–Kier alpha value is -3.41. The average Bonchev–Trinajstić information content (AvgIpc) is 3.12.